The summed E-state index contributed by atoms with van der Waals surface area (Å²) in [5, 5.41) is 3.37. The lowest BCUT2D eigenvalue weighted by molar-refractivity contribution is -0.116. The van der Waals surface area contributed by atoms with E-state index >= 15 is 0 Å². The van der Waals surface area contributed by atoms with E-state index in [9.17, 15) is 4.79 Å². The maximum absolute atomic E-state index is 11.1. The molecule has 1 aromatic carbocycles. The van der Waals surface area contributed by atoms with Gasteiger partial charge in [-0.15, -0.1) is 11.3 Å². The van der Waals surface area contributed by atoms with Crippen molar-refractivity contribution in [3.8, 4) is 0 Å². The van der Waals surface area contributed by atoms with Gasteiger partial charge in [-0.05, 0) is 41.8 Å². The minimum absolute atomic E-state index is 0.230. The Labute approximate surface area is 87.4 Å². The average Bonchev–Trinajstić information content (AvgIpc) is 2.49. The molecule has 0 bridgehead atoms. The van der Waals surface area contributed by atoms with Gasteiger partial charge in [-0.1, -0.05) is 12.1 Å². The number of hydrogen-bond acceptors (Lipinski definition) is 2. The monoisotopic (exact) mass is 204 g/mol. The summed E-state index contributed by atoms with van der Waals surface area (Å²) in [6.45, 7) is 3.74. The second-order valence-corrected chi connectivity index (χ2v) is 4.50. The molecule has 2 rings (SSSR count). The van der Waals surface area contributed by atoms with Crippen molar-refractivity contribution in [1.82, 2.24) is 0 Å². The van der Waals surface area contributed by atoms with E-state index in [1.807, 2.05) is 0 Å². The highest BCUT2D eigenvalue weighted by Gasteiger charge is 2.07. The van der Waals surface area contributed by atoms with E-state index in [0.717, 1.165) is 0 Å². The SMILES string of the molecule is CC(=O)Cc1csc2cccc(C)c12. The van der Waals surface area contributed by atoms with Crippen molar-refractivity contribution in [2.24, 2.45) is 0 Å². The molecule has 1 heterocycles. The van der Waals surface area contributed by atoms with Crippen molar-refractivity contribution in [1.29, 1.82) is 0 Å². The van der Waals surface area contributed by atoms with E-state index in [-0.39, 0.29) is 5.78 Å². The molecule has 0 amide bonds. The van der Waals surface area contributed by atoms with Gasteiger partial charge in [-0.3, -0.25) is 4.79 Å². The van der Waals surface area contributed by atoms with Crippen LogP contribution in [0, 0.1) is 6.92 Å². The number of fused-ring (bicyclic) bond motifs is 1. The van der Waals surface area contributed by atoms with Crippen molar-refractivity contribution in [2.75, 3.05) is 0 Å². The molecule has 2 heteroatoms. The van der Waals surface area contributed by atoms with E-state index in [1.165, 1.54) is 21.2 Å². The first-order chi connectivity index (χ1) is 6.68. The largest absolute Gasteiger partial charge is 0.300 e. The molecule has 0 aliphatic heterocycles. The zero-order valence-corrected chi connectivity index (χ0v) is 9.15. The van der Waals surface area contributed by atoms with Crippen LogP contribution in [0.3, 0.4) is 0 Å². The van der Waals surface area contributed by atoms with Crippen molar-refractivity contribution in [3.05, 3.63) is 34.7 Å². The Morgan fingerprint density at radius 3 is 2.93 bits per heavy atom. The second-order valence-electron chi connectivity index (χ2n) is 3.59. The standard InChI is InChI=1S/C12H12OS/c1-8-4-3-5-11-12(8)10(7-14-11)6-9(2)13/h3-5,7H,6H2,1-2H3. The van der Waals surface area contributed by atoms with E-state index in [4.69, 9.17) is 0 Å². The number of thiophene rings is 1. The number of carbonyl (C=O) groups is 1. The summed E-state index contributed by atoms with van der Waals surface area (Å²) in [4.78, 5) is 11.1. The number of benzene rings is 1. The number of hydrogen-bond donors (Lipinski definition) is 0. The number of aryl methyl sites for hydroxylation is 1. The predicted octanol–water partition coefficient (Wildman–Crippen LogP) is 3.34. The third-order valence-corrected chi connectivity index (χ3v) is 3.32. The van der Waals surface area contributed by atoms with Gasteiger partial charge < -0.3 is 0 Å². The molecule has 2 aromatic rings. The summed E-state index contributed by atoms with van der Waals surface area (Å²) < 4.78 is 1.28. The van der Waals surface area contributed by atoms with Gasteiger partial charge in [0.25, 0.3) is 0 Å². The zero-order valence-electron chi connectivity index (χ0n) is 8.33. The normalized spacial score (nSPS) is 10.7. The summed E-state index contributed by atoms with van der Waals surface area (Å²) in [5.74, 6) is 0.230. The Morgan fingerprint density at radius 1 is 1.43 bits per heavy atom. The van der Waals surface area contributed by atoms with Crippen LogP contribution in [0.5, 0.6) is 0 Å². The van der Waals surface area contributed by atoms with Crippen molar-refractivity contribution in [2.45, 2.75) is 20.3 Å². The first kappa shape index (κ1) is 9.41. The lowest BCUT2D eigenvalue weighted by atomic mass is 10.0. The molecule has 0 atom stereocenters. The highest BCUT2D eigenvalue weighted by Crippen LogP contribution is 2.29. The smallest absolute Gasteiger partial charge is 0.134 e. The molecular weight excluding hydrogens is 192 g/mol. The van der Waals surface area contributed by atoms with Gasteiger partial charge in [0.05, 0.1) is 0 Å². The molecule has 72 valence electrons. The fraction of sp³-hybridized carbons (Fsp3) is 0.250. The first-order valence-electron chi connectivity index (χ1n) is 4.63. The Balaban J connectivity index is 2.61. The lowest BCUT2D eigenvalue weighted by Gasteiger charge is -1.99. The van der Waals surface area contributed by atoms with Crippen molar-refractivity contribution < 1.29 is 4.79 Å². The summed E-state index contributed by atoms with van der Waals surface area (Å²) >= 11 is 1.72. The molecule has 0 saturated heterocycles. The van der Waals surface area contributed by atoms with Crippen LogP contribution in [-0.4, -0.2) is 5.78 Å². The van der Waals surface area contributed by atoms with Crippen LogP contribution in [0.15, 0.2) is 23.6 Å². The van der Waals surface area contributed by atoms with Gasteiger partial charge in [0.15, 0.2) is 0 Å². The molecule has 0 aliphatic rings. The minimum Gasteiger partial charge on any atom is -0.300 e. The Kier molecular flexibility index (Phi) is 2.38. The number of Topliss-reactive ketones (excluding diaryl/α,β-unsaturated/α-hetero) is 1. The summed E-state index contributed by atoms with van der Waals surface area (Å²) in [6.07, 6.45) is 0.560. The third kappa shape index (κ3) is 1.58. The van der Waals surface area contributed by atoms with Crippen LogP contribution in [0.4, 0.5) is 0 Å². The molecule has 0 radical (unpaired) electrons. The predicted molar refractivity (Wildman–Crippen MR) is 60.9 cm³/mol. The third-order valence-electron chi connectivity index (χ3n) is 2.32. The fourth-order valence-electron chi connectivity index (χ4n) is 1.74. The van der Waals surface area contributed by atoms with E-state index in [2.05, 4.69) is 30.5 Å². The molecule has 0 N–H and O–H groups in total. The summed E-state index contributed by atoms with van der Waals surface area (Å²) in [6, 6.07) is 6.26. The van der Waals surface area contributed by atoms with Crippen LogP contribution >= 0.6 is 11.3 Å². The number of rotatable bonds is 2. The molecular formula is C12H12OS. The maximum Gasteiger partial charge on any atom is 0.134 e. The maximum atomic E-state index is 11.1. The molecule has 1 nitrogen and oxygen atoms in total. The number of ketones is 1. The first-order valence-corrected chi connectivity index (χ1v) is 5.51. The number of carbonyl (C=O) groups excluding carboxylic acids is 1. The van der Waals surface area contributed by atoms with Gasteiger partial charge in [-0.25, -0.2) is 0 Å². The van der Waals surface area contributed by atoms with E-state index < -0.39 is 0 Å². The van der Waals surface area contributed by atoms with E-state index in [1.54, 1.807) is 18.3 Å². The molecule has 0 aliphatic carbocycles. The van der Waals surface area contributed by atoms with Gasteiger partial charge in [0.1, 0.15) is 5.78 Å². The summed E-state index contributed by atoms with van der Waals surface area (Å²) in [7, 11) is 0. The van der Waals surface area contributed by atoms with Crippen molar-refractivity contribution in [3.63, 3.8) is 0 Å². The van der Waals surface area contributed by atoms with Crippen LogP contribution in [0.2, 0.25) is 0 Å². The highest BCUT2D eigenvalue weighted by atomic mass is 32.1. The van der Waals surface area contributed by atoms with Gasteiger partial charge in [0.2, 0.25) is 0 Å². The van der Waals surface area contributed by atoms with Gasteiger partial charge in [-0.2, -0.15) is 0 Å². The second kappa shape index (κ2) is 3.54. The Hall–Kier alpha value is -1.15. The van der Waals surface area contributed by atoms with Crippen LogP contribution in [-0.2, 0) is 11.2 Å². The molecule has 1 aromatic heterocycles. The minimum atomic E-state index is 0.230. The van der Waals surface area contributed by atoms with Gasteiger partial charge >= 0.3 is 0 Å². The summed E-state index contributed by atoms with van der Waals surface area (Å²) in [5.41, 5.74) is 2.44. The molecule has 14 heavy (non-hydrogen) atoms. The fourth-order valence-corrected chi connectivity index (χ4v) is 2.78. The quantitative estimate of drug-likeness (QED) is 0.733. The zero-order chi connectivity index (χ0) is 10.1. The molecule has 0 saturated carbocycles. The topological polar surface area (TPSA) is 17.1 Å². The highest BCUT2D eigenvalue weighted by molar-refractivity contribution is 7.17. The van der Waals surface area contributed by atoms with Gasteiger partial charge in [0, 0.05) is 11.1 Å². The molecule has 0 spiro atoms. The Bertz CT molecular complexity index is 482. The van der Waals surface area contributed by atoms with Crippen LogP contribution < -0.4 is 0 Å². The van der Waals surface area contributed by atoms with E-state index in [0.29, 0.717) is 6.42 Å². The Morgan fingerprint density at radius 2 is 2.21 bits per heavy atom. The van der Waals surface area contributed by atoms with Crippen LogP contribution in [0.1, 0.15) is 18.1 Å². The van der Waals surface area contributed by atoms with Crippen LogP contribution in [0.25, 0.3) is 10.1 Å². The lowest BCUT2D eigenvalue weighted by Crippen LogP contribution is -1.95. The molecule has 0 unspecified atom stereocenters. The average molecular weight is 204 g/mol. The molecule has 0 fully saturated rings. The van der Waals surface area contributed by atoms with Crippen molar-refractivity contribution >= 4 is 27.2 Å².